The molecule has 1 aliphatic heterocycles. The molecule has 14 N–H and O–H groups in total. The number of hydrogen-bond acceptors (Lipinski definition) is 13. The van der Waals surface area contributed by atoms with Crippen molar-refractivity contribution in [2.45, 2.75) is 148 Å². The Morgan fingerprint density at radius 2 is 1.25 bits per heavy atom. The fourth-order valence-corrected chi connectivity index (χ4v) is 7.87. The van der Waals surface area contributed by atoms with Crippen molar-refractivity contribution in [3.05, 3.63) is 36.0 Å². The average Bonchev–Trinajstić information content (AvgIpc) is 3.93. The van der Waals surface area contributed by atoms with Gasteiger partial charge in [0.15, 0.2) is 0 Å². The molecular weight excluding hydrogens is 901 g/mol. The van der Waals surface area contributed by atoms with Crippen LogP contribution < -0.4 is 43.0 Å². The number of likely N-dealkylation sites (tertiary alicyclic amines) is 1. The van der Waals surface area contributed by atoms with E-state index in [0.717, 1.165) is 30.3 Å². The highest BCUT2D eigenvalue weighted by molar-refractivity contribution is 5.98. The van der Waals surface area contributed by atoms with Crippen molar-refractivity contribution in [2.75, 3.05) is 19.7 Å². The highest BCUT2D eigenvalue weighted by atomic mass is 16.4. The lowest BCUT2D eigenvalue weighted by molar-refractivity contribution is -0.144. The fraction of sp³-hybridized carbons (Fsp3) is 0.630. The molecule has 0 unspecified atom stereocenters. The van der Waals surface area contributed by atoms with Crippen LogP contribution >= 0.6 is 0 Å². The Kier molecular flexibility index (Phi) is 22.0. The third-order valence-corrected chi connectivity index (χ3v) is 11.6. The number of carboxylic acids is 1. The molecule has 69 heavy (non-hydrogen) atoms. The van der Waals surface area contributed by atoms with Crippen molar-refractivity contribution in [1.82, 2.24) is 47.1 Å². The van der Waals surface area contributed by atoms with Crippen molar-refractivity contribution < 1.29 is 63.6 Å². The summed E-state index contributed by atoms with van der Waals surface area (Å²) in [5.74, 6) is -8.79. The molecule has 0 spiro atoms. The number of benzene rings is 1. The summed E-state index contributed by atoms with van der Waals surface area (Å²) >= 11 is 0. The van der Waals surface area contributed by atoms with E-state index in [-0.39, 0.29) is 44.1 Å². The van der Waals surface area contributed by atoms with Gasteiger partial charge in [0.05, 0.1) is 31.4 Å². The van der Waals surface area contributed by atoms with E-state index in [9.17, 15) is 63.6 Å². The summed E-state index contributed by atoms with van der Waals surface area (Å²) < 4.78 is 0. The first-order valence-corrected chi connectivity index (χ1v) is 23.3. The molecule has 2 heterocycles. The van der Waals surface area contributed by atoms with Crippen molar-refractivity contribution in [3.8, 4) is 0 Å². The van der Waals surface area contributed by atoms with E-state index in [4.69, 9.17) is 5.73 Å². The van der Waals surface area contributed by atoms with Crippen LogP contribution in [-0.4, -0.2) is 164 Å². The second kappa shape index (κ2) is 26.5. The number of carboxylic acid groups (broad SMARTS) is 1. The Hall–Kier alpha value is -6.17. The first-order chi connectivity index (χ1) is 32.4. The number of nitrogens with two attached hydrogens (primary N) is 1. The summed E-state index contributed by atoms with van der Waals surface area (Å²) in [6.45, 7) is 11.2. The number of hydrogen-bond donors (Lipinski definition) is 13. The van der Waals surface area contributed by atoms with Crippen molar-refractivity contribution >= 4 is 64.1 Å². The Morgan fingerprint density at radius 3 is 1.83 bits per heavy atom. The minimum Gasteiger partial charge on any atom is -0.480 e. The van der Waals surface area contributed by atoms with Crippen LogP contribution in [0.4, 0.5) is 0 Å². The van der Waals surface area contributed by atoms with Gasteiger partial charge in [-0.05, 0) is 75.3 Å². The normalized spacial score (nSPS) is 17.7. The molecule has 0 saturated carbocycles. The minimum absolute atomic E-state index is 0.0360. The average molecular weight is 973 g/mol. The molecule has 3 rings (SSSR count). The first-order valence-electron chi connectivity index (χ1n) is 23.3. The van der Waals surface area contributed by atoms with Gasteiger partial charge in [0.1, 0.15) is 42.3 Å². The summed E-state index contributed by atoms with van der Waals surface area (Å²) in [5, 5.41) is 57.7. The van der Waals surface area contributed by atoms with Gasteiger partial charge in [0.2, 0.25) is 47.3 Å². The van der Waals surface area contributed by atoms with E-state index in [1.54, 1.807) is 6.20 Å². The zero-order valence-corrected chi connectivity index (χ0v) is 40.5. The molecule has 2 aromatic rings. The van der Waals surface area contributed by atoms with Crippen LogP contribution in [0.15, 0.2) is 30.5 Å². The highest BCUT2D eigenvalue weighted by Crippen LogP contribution is 2.22. The van der Waals surface area contributed by atoms with E-state index in [1.807, 2.05) is 52.0 Å². The number of nitrogens with one attached hydrogen (secondary N) is 8. The summed E-state index contributed by atoms with van der Waals surface area (Å²) in [5.41, 5.74) is 8.07. The molecule has 0 bridgehead atoms. The standard InChI is InChI=1S/C46H72N10O13/c1-22(2)16-31(50-39(61)29(47)18-27-19-48-30-13-10-9-12-28(27)30)40(62)51-32(17-23(3)4)45(67)56-15-11-14-34(56)42(64)49-20-35(60)53-37(25(7)58)43(65)52-33(21-57)41(63)55-38(26(8)59)44(66)54-36(24(5)6)46(68)69/h9-10,12-13,19,22-26,29,31-34,36-38,48,57-59H,11,14-18,20-21,47H2,1-8H3,(H,49,64)(H,50,61)(H,51,62)(H,52,65)(H,53,60)(H,54,66)(H,55,63)(H,68,69)/t25-,26-,29+,31+,32+,33+,34+,36+,37+,38+/m1/s1. The van der Waals surface area contributed by atoms with Gasteiger partial charge >= 0.3 is 5.97 Å². The van der Waals surface area contributed by atoms with Gasteiger partial charge in [-0.25, -0.2) is 4.79 Å². The molecule has 1 fully saturated rings. The van der Waals surface area contributed by atoms with Crippen molar-refractivity contribution in [1.29, 1.82) is 0 Å². The first kappa shape index (κ1) is 57.1. The number of fused-ring (bicyclic) bond motifs is 1. The third kappa shape index (κ3) is 16.8. The molecule has 1 aromatic carbocycles. The number of carbonyl (C=O) groups excluding carboxylic acids is 8. The number of aliphatic hydroxyl groups is 3. The van der Waals surface area contributed by atoms with E-state index >= 15 is 0 Å². The molecular formula is C46H72N10O13. The highest BCUT2D eigenvalue weighted by Gasteiger charge is 2.40. The number of nitrogens with zero attached hydrogens (tertiary/aromatic N) is 1. The Bertz CT molecular complexity index is 2130. The number of aliphatic carboxylic acids is 1. The van der Waals surface area contributed by atoms with Crippen LogP contribution in [0, 0.1) is 17.8 Å². The van der Waals surface area contributed by atoms with Gasteiger partial charge in [-0.2, -0.15) is 0 Å². The Labute approximate surface area is 401 Å². The van der Waals surface area contributed by atoms with Gasteiger partial charge < -0.3 is 73.3 Å². The summed E-state index contributed by atoms with van der Waals surface area (Å²) in [4.78, 5) is 123. The fourth-order valence-electron chi connectivity index (χ4n) is 7.87. The number of H-pyrrole nitrogens is 1. The molecule has 0 aliphatic carbocycles. The molecule has 384 valence electrons. The summed E-state index contributed by atoms with van der Waals surface area (Å²) in [6.07, 6.45) is -0.0574. The SMILES string of the molecule is CC(C)C[C@H](NC(=O)[C@@H](N)Cc1c[nH]c2ccccc12)C(=O)N[C@@H](CC(C)C)C(=O)N1CCC[C@H]1C(=O)NCC(=O)N[C@H](C(=O)N[C@@H](CO)C(=O)N[C@H](C(=O)N[C@H](C(=O)O)C(C)C)[C@@H](C)O)[C@@H](C)O. The number of para-hydroxylation sites is 1. The van der Waals surface area contributed by atoms with Gasteiger partial charge in [-0.3, -0.25) is 38.4 Å². The smallest absolute Gasteiger partial charge is 0.326 e. The van der Waals surface area contributed by atoms with Crippen LogP contribution in [0.3, 0.4) is 0 Å². The second-order valence-corrected chi connectivity index (χ2v) is 18.8. The second-order valence-electron chi connectivity index (χ2n) is 18.8. The van der Waals surface area contributed by atoms with Crippen molar-refractivity contribution in [3.63, 3.8) is 0 Å². The monoisotopic (exact) mass is 973 g/mol. The maximum atomic E-state index is 14.2. The van der Waals surface area contributed by atoms with Crippen LogP contribution in [0.25, 0.3) is 10.9 Å². The third-order valence-electron chi connectivity index (χ3n) is 11.6. The summed E-state index contributed by atoms with van der Waals surface area (Å²) in [6, 6.07) is -3.14. The van der Waals surface area contributed by atoms with E-state index < -0.39 is 133 Å². The maximum absolute atomic E-state index is 14.2. The topological polar surface area (TPSA) is 364 Å². The molecule has 1 aliphatic rings. The maximum Gasteiger partial charge on any atom is 0.326 e. The molecule has 23 heteroatoms. The number of aromatic nitrogens is 1. The minimum atomic E-state index is -1.78. The molecule has 1 aromatic heterocycles. The number of rotatable bonds is 26. The van der Waals surface area contributed by atoms with Crippen LogP contribution in [0.2, 0.25) is 0 Å². The van der Waals surface area contributed by atoms with Crippen LogP contribution in [0.5, 0.6) is 0 Å². The number of amides is 8. The van der Waals surface area contributed by atoms with Gasteiger partial charge in [-0.15, -0.1) is 0 Å². The van der Waals surface area contributed by atoms with Crippen LogP contribution in [0.1, 0.15) is 86.6 Å². The lowest BCUT2D eigenvalue weighted by Gasteiger charge is -2.31. The quantitative estimate of drug-likeness (QED) is 0.0469. The lowest BCUT2D eigenvalue weighted by atomic mass is 9.99. The molecule has 1 saturated heterocycles. The molecule has 23 nitrogen and oxygen atoms in total. The molecule has 8 amide bonds. The van der Waals surface area contributed by atoms with Gasteiger partial charge in [-0.1, -0.05) is 59.7 Å². The summed E-state index contributed by atoms with van der Waals surface area (Å²) in [7, 11) is 0. The predicted octanol–water partition coefficient (Wildman–Crippen LogP) is -2.36. The Balaban J connectivity index is 1.64. The van der Waals surface area contributed by atoms with Gasteiger partial charge in [0, 0.05) is 23.6 Å². The number of aliphatic hydroxyl groups excluding tert-OH is 3. The number of aromatic amines is 1. The molecule has 10 atom stereocenters. The van der Waals surface area contributed by atoms with Crippen LogP contribution in [-0.2, 0) is 49.6 Å². The largest absolute Gasteiger partial charge is 0.480 e. The van der Waals surface area contributed by atoms with E-state index in [1.165, 1.54) is 18.7 Å². The van der Waals surface area contributed by atoms with E-state index in [2.05, 4.69) is 42.2 Å². The predicted molar refractivity (Wildman–Crippen MR) is 251 cm³/mol. The van der Waals surface area contributed by atoms with Crippen molar-refractivity contribution in [2.24, 2.45) is 23.5 Å². The molecule has 0 radical (unpaired) electrons. The lowest BCUT2D eigenvalue weighted by Crippen LogP contribution is -2.62. The van der Waals surface area contributed by atoms with Gasteiger partial charge in [0.25, 0.3) is 0 Å². The zero-order valence-electron chi connectivity index (χ0n) is 40.5. The van der Waals surface area contributed by atoms with E-state index in [0.29, 0.717) is 6.42 Å². The Morgan fingerprint density at radius 1 is 0.710 bits per heavy atom. The zero-order chi connectivity index (χ0) is 51.9. The number of carbonyl (C=O) groups is 9.